The van der Waals surface area contributed by atoms with E-state index in [4.69, 9.17) is 23.2 Å². The van der Waals surface area contributed by atoms with Crippen molar-refractivity contribution in [2.24, 2.45) is 0 Å². The van der Waals surface area contributed by atoms with E-state index in [1.54, 1.807) is 12.1 Å². The van der Waals surface area contributed by atoms with Crippen molar-refractivity contribution in [2.45, 2.75) is 5.38 Å². The summed E-state index contributed by atoms with van der Waals surface area (Å²) in [5, 5.41) is 1.96. The minimum absolute atomic E-state index is 0.111. The summed E-state index contributed by atoms with van der Waals surface area (Å²) in [4.78, 5) is 11.2. The lowest BCUT2D eigenvalue weighted by molar-refractivity contribution is -0.115. The highest BCUT2D eigenvalue weighted by Gasteiger charge is 2.13. The molecule has 4 heteroatoms. The number of carbonyl (C=O) groups is 1. The maximum Gasteiger partial charge on any atom is 0.243 e. The number of hydrogen-bond donors (Lipinski definition) is 1. The van der Waals surface area contributed by atoms with Crippen molar-refractivity contribution in [3.8, 4) is 0 Å². The van der Waals surface area contributed by atoms with E-state index < -0.39 is 5.38 Å². The Labute approximate surface area is 86.8 Å². The molecule has 0 aliphatic carbocycles. The van der Waals surface area contributed by atoms with E-state index in [0.717, 1.165) is 5.69 Å². The Hall–Kier alpha value is -0.730. The minimum Gasteiger partial charge on any atom is -0.325 e. The fraction of sp³-hybridized carbons (Fsp3) is 0.222. The molecule has 0 saturated heterocycles. The van der Waals surface area contributed by atoms with Crippen LogP contribution >= 0.6 is 23.2 Å². The van der Waals surface area contributed by atoms with E-state index >= 15 is 0 Å². The number of alkyl halides is 2. The highest BCUT2D eigenvalue weighted by Crippen LogP contribution is 2.08. The lowest BCUT2D eigenvalue weighted by atomic mass is 10.3. The molecule has 2 nitrogen and oxygen atoms in total. The average Bonchev–Trinajstić information content (AvgIpc) is 2.18. The zero-order valence-corrected chi connectivity index (χ0v) is 8.35. The summed E-state index contributed by atoms with van der Waals surface area (Å²) in [7, 11) is 0. The van der Waals surface area contributed by atoms with Crippen LogP contribution in [-0.2, 0) is 4.79 Å². The molecule has 1 unspecified atom stereocenters. The first-order valence-corrected chi connectivity index (χ1v) is 4.77. The Balaban J connectivity index is 2.55. The van der Waals surface area contributed by atoms with Crippen LogP contribution in [0.4, 0.5) is 5.69 Å². The van der Waals surface area contributed by atoms with E-state index in [2.05, 4.69) is 5.32 Å². The average molecular weight is 218 g/mol. The third-order valence-electron chi connectivity index (χ3n) is 1.46. The first-order chi connectivity index (χ1) is 6.24. The van der Waals surface area contributed by atoms with E-state index in [1.165, 1.54) is 0 Å². The number of amides is 1. The summed E-state index contributed by atoms with van der Waals surface area (Å²) < 4.78 is 0. The summed E-state index contributed by atoms with van der Waals surface area (Å²) in [6.07, 6.45) is 0. The predicted molar refractivity (Wildman–Crippen MR) is 55.4 cm³/mol. The van der Waals surface area contributed by atoms with Crippen molar-refractivity contribution in [2.75, 3.05) is 11.2 Å². The Bertz CT molecular complexity index is 276. The molecule has 0 saturated carbocycles. The second-order valence-corrected chi connectivity index (χ2v) is 3.31. The van der Waals surface area contributed by atoms with Gasteiger partial charge in [0, 0.05) is 11.6 Å². The maximum atomic E-state index is 11.2. The number of rotatable bonds is 3. The van der Waals surface area contributed by atoms with Crippen molar-refractivity contribution < 1.29 is 4.79 Å². The molecule has 0 aliphatic rings. The molecule has 0 radical (unpaired) electrons. The number of carbonyl (C=O) groups excluding carboxylic acids is 1. The number of halogens is 2. The molecule has 70 valence electrons. The fourth-order valence-corrected chi connectivity index (χ4v) is 1.01. The van der Waals surface area contributed by atoms with Crippen LogP contribution in [0.3, 0.4) is 0 Å². The van der Waals surface area contributed by atoms with Crippen molar-refractivity contribution in [3.05, 3.63) is 30.3 Å². The number of hydrogen-bond acceptors (Lipinski definition) is 1. The lowest BCUT2D eigenvalue weighted by Gasteiger charge is -2.06. The number of para-hydroxylation sites is 1. The summed E-state index contributed by atoms with van der Waals surface area (Å²) in [5.74, 6) is -0.164. The second-order valence-electron chi connectivity index (χ2n) is 2.48. The topological polar surface area (TPSA) is 29.1 Å². The van der Waals surface area contributed by atoms with E-state index in [0.29, 0.717) is 0 Å². The molecule has 0 spiro atoms. The smallest absolute Gasteiger partial charge is 0.243 e. The van der Waals surface area contributed by atoms with Gasteiger partial charge < -0.3 is 5.32 Å². The first-order valence-electron chi connectivity index (χ1n) is 3.80. The van der Waals surface area contributed by atoms with Crippen LogP contribution in [-0.4, -0.2) is 17.2 Å². The van der Waals surface area contributed by atoms with E-state index in [-0.39, 0.29) is 11.8 Å². The van der Waals surface area contributed by atoms with Gasteiger partial charge >= 0.3 is 0 Å². The van der Waals surface area contributed by atoms with Gasteiger partial charge in [-0.1, -0.05) is 18.2 Å². The third-order valence-corrected chi connectivity index (χ3v) is 2.28. The van der Waals surface area contributed by atoms with Gasteiger partial charge in [-0.05, 0) is 12.1 Å². The molecule has 1 atom stereocenters. The van der Waals surface area contributed by atoms with Crippen LogP contribution in [0, 0.1) is 0 Å². The molecule has 0 bridgehead atoms. The summed E-state index contributed by atoms with van der Waals surface area (Å²) >= 11 is 11.0. The molecule has 0 heterocycles. The molecule has 0 aliphatic heterocycles. The Morgan fingerprint density at radius 2 is 2.00 bits per heavy atom. The van der Waals surface area contributed by atoms with Crippen molar-refractivity contribution >= 4 is 34.8 Å². The summed E-state index contributed by atoms with van der Waals surface area (Å²) in [5.41, 5.74) is 0.725. The lowest BCUT2D eigenvalue weighted by Crippen LogP contribution is -2.24. The zero-order valence-electron chi connectivity index (χ0n) is 6.84. The molecular weight excluding hydrogens is 209 g/mol. The molecule has 0 aromatic heterocycles. The monoisotopic (exact) mass is 217 g/mol. The molecule has 1 N–H and O–H groups in total. The normalized spacial score (nSPS) is 12.2. The Kier molecular flexibility index (Phi) is 4.06. The van der Waals surface area contributed by atoms with Gasteiger partial charge in [0.25, 0.3) is 0 Å². The molecule has 1 rings (SSSR count). The van der Waals surface area contributed by atoms with Gasteiger partial charge in [-0.2, -0.15) is 0 Å². The van der Waals surface area contributed by atoms with Crippen LogP contribution in [0.2, 0.25) is 0 Å². The van der Waals surface area contributed by atoms with Crippen molar-refractivity contribution in [1.82, 2.24) is 0 Å². The zero-order chi connectivity index (χ0) is 9.68. The number of nitrogens with one attached hydrogen (secondary N) is 1. The molecule has 1 amide bonds. The Morgan fingerprint density at radius 1 is 1.38 bits per heavy atom. The van der Waals surface area contributed by atoms with Gasteiger partial charge in [-0.15, -0.1) is 23.2 Å². The van der Waals surface area contributed by atoms with Gasteiger partial charge in [0.1, 0.15) is 5.38 Å². The van der Waals surface area contributed by atoms with Gasteiger partial charge in [-0.25, -0.2) is 0 Å². The van der Waals surface area contributed by atoms with Crippen molar-refractivity contribution in [1.29, 1.82) is 0 Å². The van der Waals surface area contributed by atoms with E-state index in [1.807, 2.05) is 18.2 Å². The molecular formula is C9H9Cl2NO. The van der Waals surface area contributed by atoms with Crippen LogP contribution in [0.25, 0.3) is 0 Å². The van der Waals surface area contributed by atoms with E-state index in [9.17, 15) is 4.79 Å². The van der Waals surface area contributed by atoms with Gasteiger partial charge in [0.05, 0.1) is 0 Å². The number of anilines is 1. The molecule has 13 heavy (non-hydrogen) atoms. The minimum atomic E-state index is -0.679. The SMILES string of the molecule is O=C(Nc1ccccc1)C(Cl)CCl. The third kappa shape index (κ3) is 3.25. The first kappa shape index (κ1) is 10.4. The standard InChI is InChI=1S/C9H9Cl2NO/c10-6-8(11)9(13)12-7-4-2-1-3-5-7/h1-5,8H,6H2,(H,12,13). The van der Waals surface area contributed by atoms with Gasteiger partial charge in [0.2, 0.25) is 5.91 Å². The van der Waals surface area contributed by atoms with Crippen LogP contribution in [0.5, 0.6) is 0 Å². The highest BCUT2D eigenvalue weighted by atomic mass is 35.5. The van der Waals surface area contributed by atoms with Gasteiger partial charge in [0.15, 0.2) is 0 Å². The van der Waals surface area contributed by atoms with Crippen molar-refractivity contribution in [3.63, 3.8) is 0 Å². The van der Waals surface area contributed by atoms with Crippen LogP contribution in [0.15, 0.2) is 30.3 Å². The summed E-state index contributed by atoms with van der Waals surface area (Å²) in [6.45, 7) is 0. The highest BCUT2D eigenvalue weighted by molar-refractivity contribution is 6.37. The maximum absolute atomic E-state index is 11.2. The molecule has 1 aromatic carbocycles. The largest absolute Gasteiger partial charge is 0.325 e. The van der Waals surface area contributed by atoms with Gasteiger partial charge in [-0.3, -0.25) is 4.79 Å². The van der Waals surface area contributed by atoms with Crippen LogP contribution < -0.4 is 5.32 Å². The molecule has 0 fully saturated rings. The fourth-order valence-electron chi connectivity index (χ4n) is 0.812. The quantitative estimate of drug-likeness (QED) is 0.775. The van der Waals surface area contributed by atoms with Crippen LogP contribution in [0.1, 0.15) is 0 Å². The Morgan fingerprint density at radius 3 is 2.54 bits per heavy atom. The predicted octanol–water partition coefficient (Wildman–Crippen LogP) is 2.47. The summed E-state index contributed by atoms with van der Waals surface area (Å²) in [6, 6.07) is 9.11. The second kappa shape index (κ2) is 5.10. The molecule has 1 aromatic rings. The number of benzene rings is 1.